The molecule has 0 aliphatic rings. The number of halogens is 1. The lowest BCUT2D eigenvalue weighted by Gasteiger charge is -2.03. The lowest BCUT2D eigenvalue weighted by Crippen LogP contribution is -2.06. The summed E-state index contributed by atoms with van der Waals surface area (Å²) in [4.78, 5) is 0. The van der Waals surface area contributed by atoms with E-state index in [0.717, 1.165) is 0 Å². The Bertz CT molecular complexity index is 144. The van der Waals surface area contributed by atoms with Crippen molar-refractivity contribution in [3.05, 3.63) is 0 Å². The molecule has 0 aromatic heterocycles. The van der Waals surface area contributed by atoms with Crippen molar-refractivity contribution in [3.8, 4) is 0 Å². The fourth-order valence-electron chi connectivity index (χ4n) is 2.85. The van der Waals surface area contributed by atoms with Gasteiger partial charge in [-0.05, 0) is 20.0 Å². The van der Waals surface area contributed by atoms with Gasteiger partial charge < -0.3 is 5.32 Å². The Labute approximate surface area is 134 Å². The zero-order chi connectivity index (χ0) is 14.7. The topological polar surface area (TPSA) is 12.0 Å². The van der Waals surface area contributed by atoms with Crippen LogP contribution < -0.4 is 5.32 Å². The zero-order valence-electron chi connectivity index (χ0n) is 14.9. The van der Waals surface area contributed by atoms with Crippen molar-refractivity contribution in [1.82, 2.24) is 5.32 Å². The van der Waals surface area contributed by atoms with Gasteiger partial charge in [0.05, 0.1) is 0 Å². The van der Waals surface area contributed by atoms with Gasteiger partial charge >= 0.3 is 0 Å². The monoisotopic (exact) mass is 303 g/mol. The third-order valence-electron chi connectivity index (χ3n) is 4.28. The molecule has 1 N–H and O–H groups in total. The Morgan fingerprint density at radius 1 is 0.476 bits per heavy atom. The molecule has 0 aromatic rings. The summed E-state index contributed by atoms with van der Waals surface area (Å²) < 4.78 is 0. The summed E-state index contributed by atoms with van der Waals surface area (Å²) in [6.45, 7) is 3.49. The maximum absolute atomic E-state index is 3.22. The fourth-order valence-corrected chi connectivity index (χ4v) is 2.85. The molecule has 0 amide bonds. The van der Waals surface area contributed by atoms with Crippen LogP contribution in [0.4, 0.5) is 4.70 Å². The van der Waals surface area contributed by atoms with Gasteiger partial charge in [0, 0.05) is 0 Å². The smallest absolute Gasteiger partial charge is 0.00519 e. The molecule has 0 atom stereocenters. The summed E-state index contributed by atoms with van der Waals surface area (Å²) >= 11 is 0. The normalized spacial score (nSPS) is 10.6. The molecule has 2 heteroatoms. The number of hydrogen-bond acceptors (Lipinski definition) is 1. The molecule has 0 radical (unpaired) electrons. The highest BCUT2D eigenvalue weighted by Crippen LogP contribution is 2.13. The molecule has 0 spiro atoms. The lowest BCUT2D eigenvalue weighted by atomic mass is 10.0. The maximum atomic E-state index is 3.22. The second kappa shape index (κ2) is 22.2. The van der Waals surface area contributed by atoms with Crippen molar-refractivity contribution in [2.45, 2.75) is 110 Å². The minimum Gasteiger partial charge on any atom is -0.320 e. The minimum absolute atomic E-state index is 0. The van der Waals surface area contributed by atoms with Crippen molar-refractivity contribution in [3.63, 3.8) is 0 Å². The summed E-state index contributed by atoms with van der Waals surface area (Å²) in [7, 11) is 2.05. The Hall–Kier alpha value is -0.110. The van der Waals surface area contributed by atoms with Gasteiger partial charge in [-0.15, -0.1) is 0 Å². The minimum atomic E-state index is 0. The molecule has 1 nitrogen and oxygen atoms in total. The van der Waals surface area contributed by atoms with Crippen molar-refractivity contribution < 1.29 is 4.70 Å². The van der Waals surface area contributed by atoms with Crippen LogP contribution in [0.15, 0.2) is 0 Å². The molecule has 0 aromatic carbocycles. The average molecular weight is 304 g/mol. The second-order valence-corrected chi connectivity index (χ2v) is 6.41. The zero-order valence-corrected chi connectivity index (χ0v) is 14.9. The van der Waals surface area contributed by atoms with Crippen LogP contribution in [0.3, 0.4) is 0 Å². The Balaban J connectivity index is 0. The quantitative estimate of drug-likeness (QED) is 0.298. The predicted octanol–water partition coefficient (Wildman–Crippen LogP) is 6.62. The van der Waals surface area contributed by atoms with E-state index in [-0.39, 0.29) is 4.70 Å². The molecule has 21 heavy (non-hydrogen) atoms. The fraction of sp³-hybridized carbons (Fsp3) is 1.00. The Morgan fingerprint density at radius 2 is 0.762 bits per heavy atom. The highest BCUT2D eigenvalue weighted by Gasteiger charge is 1.94. The predicted molar refractivity (Wildman–Crippen MR) is 96.0 cm³/mol. The summed E-state index contributed by atoms with van der Waals surface area (Å²) in [5.41, 5.74) is 0. The van der Waals surface area contributed by atoms with Gasteiger partial charge in [0.25, 0.3) is 0 Å². The molecule has 0 saturated carbocycles. The van der Waals surface area contributed by atoms with Gasteiger partial charge in [0.1, 0.15) is 0 Å². The van der Waals surface area contributed by atoms with Gasteiger partial charge in [-0.1, -0.05) is 103 Å². The van der Waals surface area contributed by atoms with E-state index in [2.05, 4.69) is 12.2 Å². The summed E-state index contributed by atoms with van der Waals surface area (Å²) in [6, 6.07) is 0. The molecule has 0 aliphatic heterocycles. The van der Waals surface area contributed by atoms with Crippen LogP contribution in [0, 0.1) is 0 Å². The largest absolute Gasteiger partial charge is 0.320 e. The van der Waals surface area contributed by atoms with Crippen LogP contribution >= 0.6 is 0 Å². The molecule has 130 valence electrons. The van der Waals surface area contributed by atoms with Crippen LogP contribution in [0.25, 0.3) is 0 Å². The number of hydrogen-bond donors (Lipinski definition) is 1. The third-order valence-corrected chi connectivity index (χ3v) is 4.28. The van der Waals surface area contributed by atoms with Crippen LogP contribution in [-0.4, -0.2) is 13.6 Å². The van der Waals surface area contributed by atoms with Gasteiger partial charge in [-0.2, -0.15) is 0 Å². The molecular formula is C19H42FN. The SMILES string of the molecule is CCCCCCCCCCCCCCCCCCNC.F. The molecule has 0 heterocycles. The third kappa shape index (κ3) is 22.3. The lowest BCUT2D eigenvalue weighted by molar-refractivity contribution is 0.528. The van der Waals surface area contributed by atoms with Crippen molar-refractivity contribution in [2.24, 2.45) is 0 Å². The molecule has 0 bridgehead atoms. The first kappa shape index (κ1) is 23.2. The standard InChI is InChI=1S/C19H41N.FH/c1-3-4-5-6-7-8-9-10-11-12-13-14-15-16-17-18-19-20-2;/h20H,3-19H2,1-2H3;1H. The molecule has 0 unspecified atom stereocenters. The van der Waals surface area contributed by atoms with E-state index in [1.54, 1.807) is 0 Å². The van der Waals surface area contributed by atoms with Crippen molar-refractivity contribution >= 4 is 0 Å². The molecule has 0 fully saturated rings. The Kier molecular flexibility index (Phi) is 24.5. The number of rotatable bonds is 17. The van der Waals surface area contributed by atoms with E-state index in [0.29, 0.717) is 0 Å². The van der Waals surface area contributed by atoms with Crippen LogP contribution in [0.2, 0.25) is 0 Å². The summed E-state index contributed by atoms with van der Waals surface area (Å²) in [6.07, 6.45) is 23.2. The first-order chi connectivity index (χ1) is 9.91. The first-order valence-corrected chi connectivity index (χ1v) is 9.56. The van der Waals surface area contributed by atoms with E-state index >= 15 is 0 Å². The second-order valence-electron chi connectivity index (χ2n) is 6.41. The maximum Gasteiger partial charge on any atom is -0.00519 e. The van der Waals surface area contributed by atoms with Gasteiger partial charge in [0.2, 0.25) is 0 Å². The van der Waals surface area contributed by atoms with Gasteiger partial charge in [-0.3, -0.25) is 4.70 Å². The van der Waals surface area contributed by atoms with E-state index < -0.39 is 0 Å². The van der Waals surface area contributed by atoms with E-state index in [9.17, 15) is 0 Å². The van der Waals surface area contributed by atoms with E-state index in [1.165, 1.54) is 109 Å². The van der Waals surface area contributed by atoms with Gasteiger partial charge in [0.15, 0.2) is 0 Å². The summed E-state index contributed by atoms with van der Waals surface area (Å²) in [5.74, 6) is 0. The van der Waals surface area contributed by atoms with Crippen molar-refractivity contribution in [2.75, 3.05) is 13.6 Å². The van der Waals surface area contributed by atoms with Crippen molar-refractivity contribution in [1.29, 1.82) is 0 Å². The number of unbranched alkanes of at least 4 members (excludes halogenated alkanes) is 15. The highest BCUT2D eigenvalue weighted by molar-refractivity contribution is 4.50. The Morgan fingerprint density at radius 3 is 1.05 bits per heavy atom. The molecule has 0 saturated heterocycles. The molecular weight excluding hydrogens is 261 g/mol. The highest BCUT2D eigenvalue weighted by atomic mass is 19.0. The summed E-state index contributed by atoms with van der Waals surface area (Å²) in [5, 5.41) is 3.22. The van der Waals surface area contributed by atoms with Crippen LogP contribution in [-0.2, 0) is 0 Å². The molecule has 0 rings (SSSR count). The number of nitrogens with one attached hydrogen (secondary N) is 1. The van der Waals surface area contributed by atoms with E-state index in [4.69, 9.17) is 0 Å². The van der Waals surface area contributed by atoms with E-state index in [1.807, 2.05) is 7.05 Å². The van der Waals surface area contributed by atoms with Gasteiger partial charge in [-0.25, -0.2) is 0 Å². The van der Waals surface area contributed by atoms with Crippen LogP contribution in [0.1, 0.15) is 110 Å². The molecule has 0 aliphatic carbocycles. The average Bonchev–Trinajstić information content (AvgIpc) is 2.47. The first-order valence-electron chi connectivity index (χ1n) is 9.56. The van der Waals surface area contributed by atoms with Crippen LogP contribution in [0.5, 0.6) is 0 Å².